The smallest absolute Gasteiger partial charge is 0.102 e. The van der Waals surface area contributed by atoms with Gasteiger partial charge in [-0.25, -0.2) is 4.39 Å². The van der Waals surface area contributed by atoms with Crippen LogP contribution in [0.2, 0.25) is 0 Å². The van der Waals surface area contributed by atoms with Gasteiger partial charge in [-0.3, -0.25) is 4.90 Å². The highest BCUT2D eigenvalue weighted by Gasteiger charge is 2.37. The van der Waals surface area contributed by atoms with Crippen LogP contribution in [0.5, 0.6) is 0 Å². The monoisotopic (exact) mass is 216 g/mol. The Labute approximate surface area is 93.0 Å². The Morgan fingerprint density at radius 1 is 1.40 bits per heavy atom. The van der Waals surface area contributed by atoms with Crippen molar-refractivity contribution >= 4 is 0 Å². The second-order valence-corrected chi connectivity index (χ2v) is 4.88. The molecule has 1 fully saturated rings. The number of hydrogen-bond acceptors (Lipinski definition) is 2. The maximum absolute atomic E-state index is 12.5. The molecule has 0 aromatic carbocycles. The molecular weight excluding hydrogens is 191 g/mol. The summed E-state index contributed by atoms with van der Waals surface area (Å²) in [7, 11) is 0. The molecule has 0 aliphatic heterocycles. The molecule has 15 heavy (non-hydrogen) atoms. The van der Waals surface area contributed by atoms with Gasteiger partial charge in [0.15, 0.2) is 0 Å². The lowest BCUT2D eigenvalue weighted by atomic mass is 9.76. The molecule has 1 saturated carbocycles. The molecule has 0 spiro atoms. The Balaban J connectivity index is 2.65. The van der Waals surface area contributed by atoms with E-state index in [0.717, 1.165) is 25.3 Å². The topological polar surface area (TPSA) is 29.3 Å². The lowest BCUT2D eigenvalue weighted by Gasteiger charge is -2.46. The van der Waals surface area contributed by atoms with Gasteiger partial charge in [0.05, 0.1) is 0 Å². The fourth-order valence-corrected chi connectivity index (χ4v) is 2.78. The van der Waals surface area contributed by atoms with Gasteiger partial charge in [0.2, 0.25) is 0 Å². The largest absolute Gasteiger partial charge is 0.329 e. The van der Waals surface area contributed by atoms with Crippen molar-refractivity contribution in [1.82, 2.24) is 4.90 Å². The van der Waals surface area contributed by atoms with E-state index in [1.165, 1.54) is 12.8 Å². The summed E-state index contributed by atoms with van der Waals surface area (Å²) in [6.07, 6.45) is 4.75. The fourth-order valence-electron chi connectivity index (χ4n) is 2.78. The minimum atomic E-state index is -0.259. The number of nitrogens with zero attached hydrogens (tertiary/aromatic N) is 1. The van der Waals surface area contributed by atoms with Crippen molar-refractivity contribution in [2.75, 3.05) is 26.3 Å². The normalized spacial score (nSPS) is 32.2. The summed E-state index contributed by atoms with van der Waals surface area (Å²) in [5.74, 6) is 0.814. The third-order valence-electron chi connectivity index (χ3n) is 3.99. The molecule has 1 aliphatic carbocycles. The molecule has 2 N–H and O–H groups in total. The minimum absolute atomic E-state index is 0.0906. The van der Waals surface area contributed by atoms with Crippen LogP contribution >= 0.6 is 0 Å². The van der Waals surface area contributed by atoms with Crippen molar-refractivity contribution in [3.63, 3.8) is 0 Å². The van der Waals surface area contributed by atoms with Crippen LogP contribution in [-0.4, -0.2) is 36.7 Å². The average molecular weight is 216 g/mol. The molecule has 90 valence electrons. The predicted octanol–water partition coefficient (Wildman–Crippen LogP) is 2.19. The summed E-state index contributed by atoms with van der Waals surface area (Å²) in [5, 5.41) is 0. The first kappa shape index (κ1) is 12.9. The zero-order chi connectivity index (χ0) is 11.3. The standard InChI is InChI=1S/C12H25FN2/c1-3-15(9-8-13)12(10-14)6-4-11(2)5-7-12/h11H,3-10,14H2,1-2H3. The van der Waals surface area contributed by atoms with E-state index in [4.69, 9.17) is 5.73 Å². The maximum atomic E-state index is 12.5. The summed E-state index contributed by atoms with van der Waals surface area (Å²) in [5.41, 5.74) is 6.02. The Kier molecular flexibility index (Phi) is 5.00. The van der Waals surface area contributed by atoms with Crippen molar-refractivity contribution in [2.45, 2.75) is 45.1 Å². The molecule has 0 atom stereocenters. The van der Waals surface area contributed by atoms with Gasteiger partial charge in [-0.1, -0.05) is 13.8 Å². The molecule has 0 saturated heterocycles. The first-order valence-corrected chi connectivity index (χ1v) is 6.19. The van der Waals surface area contributed by atoms with Crippen molar-refractivity contribution in [2.24, 2.45) is 11.7 Å². The number of alkyl halides is 1. The number of likely N-dealkylation sites (N-methyl/N-ethyl adjacent to an activating group) is 1. The molecule has 0 aromatic heterocycles. The van der Waals surface area contributed by atoms with Crippen molar-refractivity contribution < 1.29 is 4.39 Å². The highest BCUT2D eigenvalue weighted by atomic mass is 19.1. The molecule has 0 aromatic rings. The second-order valence-electron chi connectivity index (χ2n) is 4.88. The van der Waals surface area contributed by atoms with Gasteiger partial charge >= 0.3 is 0 Å². The Bertz CT molecular complexity index is 176. The molecule has 1 rings (SSSR count). The predicted molar refractivity (Wildman–Crippen MR) is 62.6 cm³/mol. The van der Waals surface area contributed by atoms with E-state index in [1.807, 2.05) is 0 Å². The van der Waals surface area contributed by atoms with E-state index < -0.39 is 0 Å². The lowest BCUT2D eigenvalue weighted by molar-refractivity contribution is 0.0443. The van der Waals surface area contributed by atoms with Gasteiger partial charge in [-0.05, 0) is 38.1 Å². The van der Waals surface area contributed by atoms with E-state index >= 15 is 0 Å². The highest BCUT2D eigenvalue weighted by Crippen LogP contribution is 2.35. The summed E-state index contributed by atoms with van der Waals surface area (Å²) in [6.45, 7) is 6.27. The SMILES string of the molecule is CCN(CCF)C1(CN)CCC(C)CC1. The van der Waals surface area contributed by atoms with E-state index in [1.54, 1.807) is 0 Å². The van der Waals surface area contributed by atoms with Crippen molar-refractivity contribution in [3.8, 4) is 0 Å². The molecule has 1 aliphatic rings. The van der Waals surface area contributed by atoms with E-state index in [2.05, 4.69) is 18.7 Å². The quantitative estimate of drug-likeness (QED) is 0.763. The highest BCUT2D eigenvalue weighted by molar-refractivity contribution is 4.94. The van der Waals surface area contributed by atoms with Gasteiger partial charge in [0.25, 0.3) is 0 Å². The van der Waals surface area contributed by atoms with E-state index in [9.17, 15) is 4.39 Å². The molecule has 0 unspecified atom stereocenters. The molecule has 3 heteroatoms. The van der Waals surface area contributed by atoms with Crippen LogP contribution in [0, 0.1) is 5.92 Å². The molecule has 0 bridgehead atoms. The van der Waals surface area contributed by atoms with Crippen LogP contribution in [0.3, 0.4) is 0 Å². The lowest BCUT2D eigenvalue weighted by Crippen LogP contribution is -2.56. The van der Waals surface area contributed by atoms with Crippen LogP contribution in [0.25, 0.3) is 0 Å². The molecule has 2 nitrogen and oxygen atoms in total. The van der Waals surface area contributed by atoms with Gasteiger partial charge in [-0.2, -0.15) is 0 Å². The Hall–Kier alpha value is -0.150. The number of hydrogen-bond donors (Lipinski definition) is 1. The number of rotatable bonds is 5. The molecular formula is C12H25FN2. The summed E-state index contributed by atoms with van der Waals surface area (Å²) in [4.78, 5) is 2.25. The van der Waals surface area contributed by atoms with E-state index in [-0.39, 0.29) is 12.2 Å². The fraction of sp³-hybridized carbons (Fsp3) is 1.00. The summed E-state index contributed by atoms with van der Waals surface area (Å²) in [6, 6.07) is 0. The molecule has 0 radical (unpaired) electrons. The molecule has 0 heterocycles. The van der Waals surface area contributed by atoms with Crippen LogP contribution in [0.4, 0.5) is 4.39 Å². The third kappa shape index (κ3) is 2.91. The Morgan fingerprint density at radius 3 is 2.40 bits per heavy atom. The van der Waals surface area contributed by atoms with Gasteiger partial charge in [0, 0.05) is 18.6 Å². The van der Waals surface area contributed by atoms with Crippen LogP contribution < -0.4 is 5.73 Å². The summed E-state index contributed by atoms with van der Waals surface area (Å²) < 4.78 is 12.5. The first-order chi connectivity index (χ1) is 7.18. The minimum Gasteiger partial charge on any atom is -0.329 e. The first-order valence-electron chi connectivity index (χ1n) is 6.19. The van der Waals surface area contributed by atoms with Crippen LogP contribution in [0.15, 0.2) is 0 Å². The zero-order valence-electron chi connectivity index (χ0n) is 10.1. The Morgan fingerprint density at radius 2 is 2.00 bits per heavy atom. The van der Waals surface area contributed by atoms with Crippen LogP contribution in [0.1, 0.15) is 39.5 Å². The van der Waals surface area contributed by atoms with Gasteiger partial charge < -0.3 is 5.73 Å². The number of nitrogens with two attached hydrogens (primary N) is 1. The maximum Gasteiger partial charge on any atom is 0.102 e. The third-order valence-corrected chi connectivity index (χ3v) is 3.99. The van der Waals surface area contributed by atoms with Crippen molar-refractivity contribution in [3.05, 3.63) is 0 Å². The number of halogens is 1. The van der Waals surface area contributed by atoms with Gasteiger partial charge in [0.1, 0.15) is 6.67 Å². The average Bonchev–Trinajstić information content (AvgIpc) is 2.28. The molecule has 0 amide bonds. The van der Waals surface area contributed by atoms with Gasteiger partial charge in [-0.15, -0.1) is 0 Å². The van der Waals surface area contributed by atoms with Crippen LogP contribution in [-0.2, 0) is 0 Å². The zero-order valence-corrected chi connectivity index (χ0v) is 10.1. The van der Waals surface area contributed by atoms with E-state index in [0.29, 0.717) is 13.1 Å². The second kappa shape index (κ2) is 5.80. The van der Waals surface area contributed by atoms with Crippen molar-refractivity contribution in [1.29, 1.82) is 0 Å². The summed E-state index contributed by atoms with van der Waals surface area (Å²) >= 11 is 0.